The first-order valence-corrected chi connectivity index (χ1v) is 8.86. The molecular formula is C16H15NO4S2. The van der Waals surface area contributed by atoms with Gasteiger partial charge in [-0.1, -0.05) is 42.1 Å². The van der Waals surface area contributed by atoms with Gasteiger partial charge >= 0.3 is 5.97 Å². The van der Waals surface area contributed by atoms with Crippen LogP contribution in [0, 0.1) is 0 Å². The van der Waals surface area contributed by atoms with E-state index in [2.05, 4.69) is 5.32 Å². The van der Waals surface area contributed by atoms with Crippen molar-refractivity contribution in [3.05, 3.63) is 56.8 Å². The zero-order valence-corrected chi connectivity index (χ0v) is 14.3. The molecule has 7 heteroatoms. The molecule has 1 aliphatic rings. The standard InChI is InChI=1S/C16H15NO4S2/c1-3-21-12(18)9-11-15(20)17-13(16(22-2)23-11)14(19)10-7-5-4-6-8-10/h4-9H,3H2,1-2H3,(H,17,20)/b11-9+. The van der Waals surface area contributed by atoms with E-state index in [1.807, 2.05) is 6.07 Å². The summed E-state index contributed by atoms with van der Waals surface area (Å²) in [5, 5.41) is 2.59. The molecule has 0 saturated carbocycles. The van der Waals surface area contributed by atoms with Crippen molar-refractivity contribution in [2.24, 2.45) is 0 Å². The van der Waals surface area contributed by atoms with Gasteiger partial charge in [-0.15, -0.1) is 11.8 Å². The van der Waals surface area contributed by atoms with Crippen LogP contribution in [0.2, 0.25) is 0 Å². The molecule has 1 heterocycles. The van der Waals surface area contributed by atoms with Crippen molar-refractivity contribution in [1.82, 2.24) is 5.32 Å². The van der Waals surface area contributed by atoms with Crippen molar-refractivity contribution in [3.63, 3.8) is 0 Å². The van der Waals surface area contributed by atoms with E-state index < -0.39 is 11.9 Å². The molecule has 0 aliphatic carbocycles. The van der Waals surface area contributed by atoms with Crippen molar-refractivity contribution < 1.29 is 19.1 Å². The molecule has 2 rings (SSSR count). The molecular weight excluding hydrogens is 334 g/mol. The lowest BCUT2D eigenvalue weighted by Gasteiger charge is -2.20. The monoisotopic (exact) mass is 349 g/mol. The number of nitrogens with one attached hydrogen (secondary N) is 1. The first-order chi connectivity index (χ1) is 11.1. The molecule has 1 aromatic rings. The average molecular weight is 349 g/mol. The van der Waals surface area contributed by atoms with Gasteiger partial charge in [-0.25, -0.2) is 4.79 Å². The van der Waals surface area contributed by atoms with Gasteiger partial charge < -0.3 is 10.1 Å². The van der Waals surface area contributed by atoms with E-state index in [1.165, 1.54) is 11.8 Å². The second-order valence-electron chi connectivity index (χ2n) is 4.38. The van der Waals surface area contributed by atoms with Crippen LogP contribution in [0.4, 0.5) is 0 Å². The molecule has 1 N–H and O–H groups in total. The molecule has 5 nitrogen and oxygen atoms in total. The molecule has 0 aromatic heterocycles. The van der Waals surface area contributed by atoms with Gasteiger partial charge in [0.1, 0.15) is 5.70 Å². The Balaban J connectivity index is 2.31. The second kappa shape index (κ2) is 8.03. The Labute approximate surface area is 142 Å². The average Bonchev–Trinajstić information content (AvgIpc) is 2.56. The molecule has 0 radical (unpaired) electrons. The van der Waals surface area contributed by atoms with Crippen molar-refractivity contribution in [1.29, 1.82) is 0 Å². The highest BCUT2D eigenvalue weighted by Gasteiger charge is 2.28. The topological polar surface area (TPSA) is 72.5 Å². The molecule has 1 aromatic carbocycles. The molecule has 0 spiro atoms. The number of amides is 1. The zero-order chi connectivity index (χ0) is 16.8. The van der Waals surface area contributed by atoms with Gasteiger partial charge in [0.25, 0.3) is 5.91 Å². The molecule has 0 fully saturated rings. The molecule has 0 saturated heterocycles. The highest BCUT2D eigenvalue weighted by atomic mass is 32.2. The van der Waals surface area contributed by atoms with Crippen LogP contribution in [-0.4, -0.2) is 30.5 Å². The summed E-state index contributed by atoms with van der Waals surface area (Å²) < 4.78 is 5.44. The van der Waals surface area contributed by atoms with Crippen molar-refractivity contribution >= 4 is 41.2 Å². The second-order valence-corrected chi connectivity index (χ2v) is 6.51. The Morgan fingerprint density at radius 3 is 2.61 bits per heavy atom. The van der Waals surface area contributed by atoms with Crippen molar-refractivity contribution in [2.45, 2.75) is 6.92 Å². The van der Waals surface area contributed by atoms with Crippen LogP contribution in [0.1, 0.15) is 17.3 Å². The Hall–Kier alpha value is -1.99. The third-order valence-electron chi connectivity index (χ3n) is 2.85. The fourth-order valence-corrected chi connectivity index (χ4v) is 3.53. The maximum atomic E-state index is 12.5. The van der Waals surface area contributed by atoms with E-state index in [0.717, 1.165) is 17.8 Å². The molecule has 1 aliphatic heterocycles. The van der Waals surface area contributed by atoms with E-state index in [1.54, 1.807) is 37.4 Å². The minimum Gasteiger partial charge on any atom is -0.463 e. The highest BCUT2D eigenvalue weighted by molar-refractivity contribution is 8.24. The Kier molecular flexibility index (Phi) is 6.06. The smallest absolute Gasteiger partial charge is 0.332 e. The van der Waals surface area contributed by atoms with Crippen molar-refractivity contribution in [3.8, 4) is 0 Å². The van der Waals surface area contributed by atoms with E-state index in [-0.39, 0.29) is 23.0 Å². The molecule has 0 bridgehead atoms. The minimum absolute atomic E-state index is 0.206. The highest BCUT2D eigenvalue weighted by Crippen LogP contribution is 2.39. The normalized spacial score (nSPS) is 16.3. The van der Waals surface area contributed by atoms with Gasteiger partial charge in [-0.3, -0.25) is 9.59 Å². The zero-order valence-electron chi connectivity index (χ0n) is 12.6. The lowest BCUT2D eigenvalue weighted by atomic mass is 10.1. The van der Waals surface area contributed by atoms with Gasteiger partial charge in [0.15, 0.2) is 0 Å². The predicted octanol–water partition coefficient (Wildman–Crippen LogP) is 2.71. The van der Waals surface area contributed by atoms with Crippen LogP contribution in [0.3, 0.4) is 0 Å². The van der Waals surface area contributed by atoms with E-state index in [4.69, 9.17) is 4.74 Å². The van der Waals surface area contributed by atoms with Crippen LogP contribution < -0.4 is 5.32 Å². The summed E-state index contributed by atoms with van der Waals surface area (Å²) in [6, 6.07) is 8.71. The lowest BCUT2D eigenvalue weighted by molar-refractivity contribution is -0.137. The van der Waals surface area contributed by atoms with Crippen molar-refractivity contribution in [2.75, 3.05) is 12.9 Å². The summed E-state index contributed by atoms with van der Waals surface area (Å²) in [7, 11) is 0. The number of benzene rings is 1. The molecule has 23 heavy (non-hydrogen) atoms. The maximum absolute atomic E-state index is 12.5. The summed E-state index contributed by atoms with van der Waals surface area (Å²) in [6.07, 6.45) is 2.95. The van der Waals surface area contributed by atoms with Crippen LogP contribution in [-0.2, 0) is 14.3 Å². The van der Waals surface area contributed by atoms with Gasteiger partial charge in [0.2, 0.25) is 5.78 Å². The third kappa shape index (κ3) is 4.27. The van der Waals surface area contributed by atoms with Crippen LogP contribution >= 0.6 is 23.5 Å². The van der Waals surface area contributed by atoms with E-state index in [9.17, 15) is 14.4 Å². The summed E-state index contributed by atoms with van der Waals surface area (Å²) >= 11 is 2.43. The number of carbonyl (C=O) groups excluding carboxylic acids is 3. The first-order valence-electron chi connectivity index (χ1n) is 6.82. The lowest BCUT2D eigenvalue weighted by Crippen LogP contribution is -2.32. The quantitative estimate of drug-likeness (QED) is 0.501. The number of ketones is 1. The summed E-state index contributed by atoms with van der Waals surface area (Å²) in [4.78, 5) is 36.4. The van der Waals surface area contributed by atoms with Gasteiger partial charge in [0, 0.05) is 11.6 Å². The number of esters is 1. The third-order valence-corrected chi connectivity index (χ3v) is 5.09. The predicted molar refractivity (Wildman–Crippen MR) is 91.8 cm³/mol. The van der Waals surface area contributed by atoms with E-state index >= 15 is 0 Å². The maximum Gasteiger partial charge on any atom is 0.332 e. The molecule has 0 unspecified atom stereocenters. The number of thioether (sulfide) groups is 2. The number of ether oxygens (including phenoxy) is 1. The Morgan fingerprint density at radius 1 is 1.30 bits per heavy atom. The van der Waals surface area contributed by atoms with Crippen LogP contribution in [0.5, 0.6) is 0 Å². The SMILES string of the molecule is CCOC(=O)/C=C1/SC(SC)=C(C(=O)c2ccccc2)NC1=O. The number of hydrogen-bond donors (Lipinski definition) is 1. The van der Waals surface area contributed by atoms with E-state index in [0.29, 0.717) is 9.80 Å². The Bertz CT molecular complexity index is 695. The van der Waals surface area contributed by atoms with Crippen LogP contribution in [0.25, 0.3) is 0 Å². The largest absolute Gasteiger partial charge is 0.463 e. The number of hydrogen-bond acceptors (Lipinski definition) is 6. The summed E-state index contributed by atoms with van der Waals surface area (Å²) in [5.41, 5.74) is 0.729. The van der Waals surface area contributed by atoms with Gasteiger partial charge in [-0.05, 0) is 13.2 Å². The number of carbonyl (C=O) groups is 3. The van der Waals surface area contributed by atoms with Gasteiger partial charge in [0.05, 0.1) is 15.7 Å². The summed E-state index contributed by atoms with van der Waals surface area (Å²) in [5.74, 6) is -1.32. The van der Waals surface area contributed by atoms with Gasteiger partial charge in [-0.2, -0.15) is 0 Å². The summed E-state index contributed by atoms with van der Waals surface area (Å²) in [6.45, 7) is 1.92. The molecule has 0 atom stereocenters. The fourth-order valence-electron chi connectivity index (χ4n) is 1.84. The number of allylic oxidation sites excluding steroid dienone is 1. The molecule has 120 valence electrons. The van der Waals surface area contributed by atoms with Crippen LogP contribution in [0.15, 0.2) is 51.2 Å². The minimum atomic E-state index is -0.580. The Morgan fingerprint density at radius 2 is 2.00 bits per heavy atom. The number of Topliss-reactive ketones (excluding diaryl/α,β-unsaturated/α-hetero) is 1. The first kappa shape index (κ1) is 17.4. The fraction of sp³-hybridized carbons (Fsp3) is 0.188. The number of rotatable bonds is 5. The molecule has 1 amide bonds.